The summed E-state index contributed by atoms with van der Waals surface area (Å²) in [5, 5.41) is 10.6. The van der Waals surface area contributed by atoms with E-state index in [2.05, 4.69) is 6.92 Å². The van der Waals surface area contributed by atoms with Crippen LogP contribution in [0.25, 0.3) is 6.08 Å². The van der Waals surface area contributed by atoms with Gasteiger partial charge in [-0.1, -0.05) is 13.3 Å². The monoisotopic (exact) mass is 293 g/mol. The molecule has 1 aromatic rings. The van der Waals surface area contributed by atoms with Gasteiger partial charge in [0.1, 0.15) is 0 Å². The highest BCUT2D eigenvalue weighted by atomic mass is 32.1. The number of rotatable bonds is 6. The lowest BCUT2D eigenvalue weighted by atomic mass is 10.0. The number of carboxylic acid groups (broad SMARTS) is 1. The van der Waals surface area contributed by atoms with Crippen molar-refractivity contribution in [2.75, 3.05) is 6.54 Å². The minimum absolute atomic E-state index is 0.213. The summed E-state index contributed by atoms with van der Waals surface area (Å²) in [4.78, 5) is 25.5. The number of nitrogens with zero attached hydrogens (tertiary/aromatic N) is 1. The lowest BCUT2D eigenvalue weighted by Crippen LogP contribution is -2.24. The first-order chi connectivity index (χ1) is 9.60. The number of hydrogen-bond acceptors (Lipinski definition) is 3. The largest absolute Gasteiger partial charge is 0.478 e. The number of carbonyl (C=O) groups excluding carboxylic acids is 1. The summed E-state index contributed by atoms with van der Waals surface area (Å²) in [6.07, 6.45) is 5.59. The van der Waals surface area contributed by atoms with Crippen LogP contribution in [-0.4, -0.2) is 28.4 Å². The molecular weight excluding hydrogens is 274 g/mol. The Kier molecular flexibility index (Phi) is 4.95. The van der Waals surface area contributed by atoms with Crippen molar-refractivity contribution in [3.05, 3.63) is 28.0 Å². The third kappa shape index (κ3) is 3.70. The standard InChI is InChI=1S/C15H19NO3S/c1-2-3-11-8-14(17)16(9-11)10-13-12(6-7-20-13)4-5-15(18)19/h4-7,11H,2-3,8-10H2,1H3,(H,18,19)/b5-4+. The fraction of sp³-hybridized carbons (Fsp3) is 0.467. The van der Waals surface area contributed by atoms with E-state index in [1.807, 2.05) is 16.3 Å². The average Bonchev–Trinajstić information content (AvgIpc) is 2.96. The molecule has 1 unspecified atom stereocenters. The SMILES string of the molecule is CCCC1CC(=O)N(Cc2sccc2/C=C/C(=O)O)C1. The van der Waals surface area contributed by atoms with Crippen LogP contribution in [0.5, 0.6) is 0 Å². The van der Waals surface area contributed by atoms with Crippen molar-refractivity contribution in [1.29, 1.82) is 0 Å². The summed E-state index contributed by atoms with van der Waals surface area (Å²) in [6, 6.07) is 1.89. The maximum absolute atomic E-state index is 12.0. The van der Waals surface area contributed by atoms with E-state index in [1.54, 1.807) is 17.4 Å². The minimum atomic E-state index is -0.956. The number of hydrogen-bond donors (Lipinski definition) is 1. The molecule has 0 bridgehead atoms. The number of likely N-dealkylation sites (tertiary alicyclic amines) is 1. The fourth-order valence-corrected chi connectivity index (χ4v) is 3.45. The normalized spacial score (nSPS) is 19.1. The van der Waals surface area contributed by atoms with Crippen molar-refractivity contribution in [3.8, 4) is 0 Å². The van der Waals surface area contributed by atoms with Gasteiger partial charge in [0.05, 0.1) is 6.54 Å². The third-order valence-electron chi connectivity index (χ3n) is 3.51. The molecule has 1 saturated heterocycles. The maximum Gasteiger partial charge on any atom is 0.328 e. The van der Waals surface area contributed by atoms with Crippen LogP contribution in [0.3, 0.4) is 0 Å². The van der Waals surface area contributed by atoms with Gasteiger partial charge in [0.2, 0.25) is 5.91 Å². The predicted molar refractivity (Wildman–Crippen MR) is 79.4 cm³/mol. The lowest BCUT2D eigenvalue weighted by Gasteiger charge is -2.16. The Hall–Kier alpha value is -1.62. The van der Waals surface area contributed by atoms with Crippen LogP contribution in [0.1, 0.15) is 36.6 Å². The molecule has 2 heterocycles. The first-order valence-corrected chi connectivity index (χ1v) is 7.73. The van der Waals surface area contributed by atoms with E-state index in [-0.39, 0.29) is 5.91 Å². The second kappa shape index (κ2) is 6.70. The molecule has 1 aliphatic rings. The second-order valence-corrected chi connectivity index (χ2v) is 6.10. The van der Waals surface area contributed by atoms with Crippen LogP contribution in [0, 0.1) is 5.92 Å². The van der Waals surface area contributed by atoms with Crippen LogP contribution in [0.4, 0.5) is 0 Å². The van der Waals surface area contributed by atoms with Gasteiger partial charge in [-0.15, -0.1) is 11.3 Å². The van der Waals surface area contributed by atoms with Gasteiger partial charge in [-0.3, -0.25) is 4.79 Å². The molecule has 1 atom stereocenters. The van der Waals surface area contributed by atoms with Gasteiger partial charge in [-0.2, -0.15) is 0 Å². The van der Waals surface area contributed by atoms with E-state index in [1.165, 1.54) is 0 Å². The van der Waals surface area contributed by atoms with Crippen molar-refractivity contribution in [1.82, 2.24) is 4.90 Å². The Morgan fingerprint density at radius 1 is 1.60 bits per heavy atom. The molecule has 1 N–H and O–H groups in total. The van der Waals surface area contributed by atoms with E-state index in [0.29, 0.717) is 18.9 Å². The number of carboxylic acids is 1. The third-order valence-corrected chi connectivity index (χ3v) is 4.43. The van der Waals surface area contributed by atoms with Gasteiger partial charge >= 0.3 is 5.97 Å². The molecule has 2 rings (SSSR count). The van der Waals surface area contributed by atoms with Crippen molar-refractivity contribution in [3.63, 3.8) is 0 Å². The highest BCUT2D eigenvalue weighted by Crippen LogP contribution is 2.27. The smallest absolute Gasteiger partial charge is 0.328 e. The first-order valence-electron chi connectivity index (χ1n) is 6.85. The number of thiophene rings is 1. The average molecular weight is 293 g/mol. The number of carbonyl (C=O) groups is 2. The molecule has 0 spiro atoms. The van der Waals surface area contributed by atoms with E-state index < -0.39 is 5.97 Å². The molecule has 4 nitrogen and oxygen atoms in total. The summed E-state index contributed by atoms with van der Waals surface area (Å²) in [6.45, 7) is 3.56. The van der Waals surface area contributed by atoms with E-state index >= 15 is 0 Å². The van der Waals surface area contributed by atoms with Gasteiger partial charge < -0.3 is 10.0 Å². The number of aliphatic carboxylic acids is 1. The summed E-state index contributed by atoms with van der Waals surface area (Å²) in [7, 11) is 0. The fourth-order valence-electron chi connectivity index (χ4n) is 2.57. The topological polar surface area (TPSA) is 57.6 Å². The van der Waals surface area contributed by atoms with Crippen LogP contribution in [-0.2, 0) is 16.1 Å². The van der Waals surface area contributed by atoms with Crippen LogP contribution in [0.2, 0.25) is 0 Å². The molecule has 20 heavy (non-hydrogen) atoms. The number of amides is 1. The van der Waals surface area contributed by atoms with E-state index in [0.717, 1.165) is 35.9 Å². The zero-order valence-electron chi connectivity index (χ0n) is 11.5. The summed E-state index contributed by atoms with van der Waals surface area (Å²) in [5.74, 6) is -0.266. The van der Waals surface area contributed by atoms with Crippen molar-refractivity contribution in [2.45, 2.75) is 32.7 Å². The molecule has 5 heteroatoms. The Labute approximate surface area is 122 Å². The first kappa shape index (κ1) is 14.8. The van der Waals surface area contributed by atoms with Crippen LogP contribution < -0.4 is 0 Å². The Balaban J connectivity index is 2.02. The van der Waals surface area contributed by atoms with Gasteiger partial charge in [0.25, 0.3) is 0 Å². The lowest BCUT2D eigenvalue weighted by molar-refractivity contribution is -0.131. The van der Waals surface area contributed by atoms with E-state index in [9.17, 15) is 9.59 Å². The van der Waals surface area contributed by atoms with Crippen LogP contribution >= 0.6 is 11.3 Å². The molecular formula is C15H19NO3S. The predicted octanol–water partition coefficient (Wildman–Crippen LogP) is 2.99. The van der Waals surface area contributed by atoms with Crippen molar-refractivity contribution >= 4 is 29.3 Å². The second-order valence-electron chi connectivity index (χ2n) is 5.10. The molecule has 0 saturated carbocycles. The van der Waals surface area contributed by atoms with Gasteiger partial charge in [0, 0.05) is 23.9 Å². The molecule has 0 aromatic carbocycles. The zero-order chi connectivity index (χ0) is 14.5. The van der Waals surface area contributed by atoms with Crippen LogP contribution in [0.15, 0.2) is 17.5 Å². The van der Waals surface area contributed by atoms with Gasteiger partial charge in [0.15, 0.2) is 0 Å². The molecule has 0 radical (unpaired) electrons. The summed E-state index contributed by atoms with van der Waals surface area (Å²) in [5.41, 5.74) is 0.893. The molecule has 1 aliphatic heterocycles. The zero-order valence-corrected chi connectivity index (χ0v) is 12.4. The van der Waals surface area contributed by atoms with Gasteiger partial charge in [-0.25, -0.2) is 4.79 Å². The Morgan fingerprint density at radius 3 is 3.10 bits per heavy atom. The summed E-state index contributed by atoms with van der Waals surface area (Å²) >= 11 is 1.57. The summed E-state index contributed by atoms with van der Waals surface area (Å²) < 4.78 is 0. The molecule has 0 aliphatic carbocycles. The molecule has 1 aromatic heterocycles. The highest BCUT2D eigenvalue weighted by Gasteiger charge is 2.29. The molecule has 108 valence electrons. The van der Waals surface area contributed by atoms with Gasteiger partial charge in [-0.05, 0) is 35.4 Å². The maximum atomic E-state index is 12.0. The quantitative estimate of drug-likeness (QED) is 0.820. The highest BCUT2D eigenvalue weighted by molar-refractivity contribution is 7.10. The molecule has 1 amide bonds. The van der Waals surface area contributed by atoms with E-state index in [4.69, 9.17) is 5.11 Å². The Bertz CT molecular complexity index is 521. The minimum Gasteiger partial charge on any atom is -0.478 e. The molecule has 1 fully saturated rings. The van der Waals surface area contributed by atoms with Crippen molar-refractivity contribution in [2.24, 2.45) is 5.92 Å². The van der Waals surface area contributed by atoms with Crippen molar-refractivity contribution < 1.29 is 14.7 Å². The Morgan fingerprint density at radius 2 is 2.40 bits per heavy atom.